The molecule has 28 heavy (non-hydrogen) atoms. The predicted octanol–water partition coefficient (Wildman–Crippen LogP) is 2.49. The quantitative estimate of drug-likeness (QED) is 0.626. The number of nitro benzene ring substituents is 1. The van der Waals surface area contributed by atoms with Crippen LogP contribution in [0.5, 0.6) is 5.75 Å². The normalized spacial score (nSPS) is 14.4. The molecule has 0 bridgehead atoms. The molecule has 1 aromatic carbocycles. The highest BCUT2D eigenvalue weighted by atomic mass is 16.6. The van der Waals surface area contributed by atoms with Gasteiger partial charge in [0.25, 0.3) is 11.6 Å². The first-order chi connectivity index (χ1) is 13.5. The fraction of sp³-hybridized carbons (Fsp3) is 0.316. The van der Waals surface area contributed by atoms with Gasteiger partial charge in [0, 0.05) is 49.2 Å². The number of methoxy groups -OCH3 is 1. The van der Waals surface area contributed by atoms with Crippen molar-refractivity contribution < 1.29 is 19.2 Å². The summed E-state index contributed by atoms with van der Waals surface area (Å²) in [5.74, 6) is -0.350. The molecule has 3 rings (SSSR count). The van der Waals surface area contributed by atoms with E-state index in [9.17, 15) is 19.7 Å². The van der Waals surface area contributed by atoms with Crippen LogP contribution in [0.2, 0.25) is 0 Å². The second-order valence-electron chi connectivity index (χ2n) is 6.43. The number of carbonyl (C=O) groups is 2. The van der Waals surface area contributed by atoms with Gasteiger partial charge in [-0.15, -0.1) is 0 Å². The van der Waals surface area contributed by atoms with Gasteiger partial charge in [-0.05, 0) is 31.0 Å². The van der Waals surface area contributed by atoms with Gasteiger partial charge in [0.1, 0.15) is 5.75 Å². The van der Waals surface area contributed by atoms with Crippen LogP contribution in [-0.4, -0.2) is 46.8 Å². The number of hydrogen-bond acceptors (Lipinski definition) is 6. The van der Waals surface area contributed by atoms with Gasteiger partial charge in [-0.1, -0.05) is 0 Å². The Morgan fingerprint density at radius 3 is 2.50 bits per heavy atom. The molecule has 9 nitrogen and oxygen atoms in total. The van der Waals surface area contributed by atoms with Crippen molar-refractivity contribution in [1.29, 1.82) is 0 Å². The highest BCUT2D eigenvalue weighted by Gasteiger charge is 2.29. The first-order valence-electron chi connectivity index (χ1n) is 8.82. The number of amides is 2. The van der Waals surface area contributed by atoms with E-state index in [2.05, 4.69) is 10.3 Å². The van der Waals surface area contributed by atoms with E-state index in [0.29, 0.717) is 31.6 Å². The number of hydrogen-bond donors (Lipinski definition) is 1. The molecule has 2 amide bonds. The third-order valence-electron chi connectivity index (χ3n) is 4.73. The van der Waals surface area contributed by atoms with Crippen LogP contribution in [0.1, 0.15) is 23.2 Å². The minimum Gasteiger partial charge on any atom is -0.496 e. The molecule has 1 saturated heterocycles. The average Bonchev–Trinajstić information content (AvgIpc) is 2.73. The number of nitrogens with one attached hydrogen (secondary N) is 1. The molecule has 1 aromatic heterocycles. The number of anilines is 1. The number of ether oxygens (including phenoxy) is 1. The number of nitro groups is 1. The van der Waals surface area contributed by atoms with Crippen molar-refractivity contribution in [3.8, 4) is 5.75 Å². The lowest BCUT2D eigenvalue weighted by Crippen LogP contribution is -2.41. The molecular formula is C19H20N4O5. The van der Waals surface area contributed by atoms with Gasteiger partial charge in [-0.2, -0.15) is 0 Å². The molecule has 9 heteroatoms. The molecule has 1 fully saturated rings. The van der Waals surface area contributed by atoms with Crippen molar-refractivity contribution in [2.45, 2.75) is 12.8 Å². The molecule has 0 aliphatic carbocycles. The lowest BCUT2D eigenvalue weighted by molar-refractivity contribution is -0.384. The number of rotatable bonds is 5. The molecule has 1 N–H and O–H groups in total. The van der Waals surface area contributed by atoms with Crippen LogP contribution >= 0.6 is 0 Å². The molecule has 146 valence electrons. The van der Waals surface area contributed by atoms with Crippen LogP contribution in [0.15, 0.2) is 42.7 Å². The Bertz CT molecular complexity index is 879. The monoisotopic (exact) mass is 384 g/mol. The Morgan fingerprint density at radius 2 is 1.89 bits per heavy atom. The van der Waals surface area contributed by atoms with E-state index in [0.717, 1.165) is 0 Å². The maximum Gasteiger partial charge on any atom is 0.270 e. The molecule has 0 saturated carbocycles. The Kier molecular flexibility index (Phi) is 5.83. The van der Waals surface area contributed by atoms with E-state index in [1.54, 1.807) is 29.4 Å². The predicted molar refractivity (Wildman–Crippen MR) is 101 cm³/mol. The summed E-state index contributed by atoms with van der Waals surface area (Å²) < 4.78 is 5.18. The summed E-state index contributed by atoms with van der Waals surface area (Å²) in [6.45, 7) is 0.776. The van der Waals surface area contributed by atoms with Crippen molar-refractivity contribution in [2.24, 2.45) is 5.92 Å². The number of pyridine rings is 1. The lowest BCUT2D eigenvalue weighted by atomic mass is 9.95. The third-order valence-corrected chi connectivity index (χ3v) is 4.73. The Labute approximate surface area is 161 Å². The van der Waals surface area contributed by atoms with Gasteiger partial charge in [-0.25, -0.2) is 0 Å². The number of benzene rings is 1. The molecular weight excluding hydrogens is 364 g/mol. The van der Waals surface area contributed by atoms with E-state index < -0.39 is 4.92 Å². The maximum atomic E-state index is 12.8. The van der Waals surface area contributed by atoms with Crippen molar-refractivity contribution in [1.82, 2.24) is 9.88 Å². The van der Waals surface area contributed by atoms with E-state index in [1.165, 1.54) is 25.3 Å². The molecule has 1 aliphatic rings. The molecule has 0 spiro atoms. The van der Waals surface area contributed by atoms with E-state index in [-0.39, 0.29) is 34.7 Å². The Hall–Kier alpha value is -3.49. The van der Waals surface area contributed by atoms with Gasteiger partial charge >= 0.3 is 0 Å². The Balaban J connectivity index is 1.64. The van der Waals surface area contributed by atoms with Gasteiger partial charge in [0.2, 0.25) is 5.91 Å². The topological polar surface area (TPSA) is 115 Å². The molecule has 2 aromatic rings. The zero-order valence-corrected chi connectivity index (χ0v) is 15.3. The van der Waals surface area contributed by atoms with Gasteiger partial charge in [-0.3, -0.25) is 24.7 Å². The van der Waals surface area contributed by atoms with Crippen LogP contribution in [0.3, 0.4) is 0 Å². The largest absolute Gasteiger partial charge is 0.496 e. The number of non-ortho nitro benzene ring substituents is 1. The first kappa shape index (κ1) is 19.3. The zero-order valence-electron chi connectivity index (χ0n) is 15.3. The van der Waals surface area contributed by atoms with Crippen LogP contribution < -0.4 is 10.1 Å². The number of aromatic nitrogens is 1. The second kappa shape index (κ2) is 8.47. The standard InChI is InChI=1S/C19H20N4O5/c1-28-17-3-2-15(23(26)27)12-16(17)19(25)22-10-6-13(7-11-22)18(24)21-14-4-8-20-9-5-14/h2-5,8-9,12-13H,6-7,10-11H2,1H3,(H,20,21,24). The van der Waals surface area contributed by atoms with E-state index >= 15 is 0 Å². The summed E-state index contributed by atoms with van der Waals surface area (Å²) in [7, 11) is 1.41. The minimum absolute atomic E-state index is 0.0915. The molecule has 0 atom stereocenters. The van der Waals surface area contributed by atoms with Crippen LogP contribution in [0.25, 0.3) is 0 Å². The average molecular weight is 384 g/mol. The number of likely N-dealkylation sites (tertiary alicyclic amines) is 1. The zero-order chi connectivity index (χ0) is 20.1. The number of piperidine rings is 1. The van der Waals surface area contributed by atoms with Crippen molar-refractivity contribution in [2.75, 3.05) is 25.5 Å². The molecule has 2 heterocycles. The number of nitrogens with zero attached hydrogens (tertiary/aromatic N) is 3. The van der Waals surface area contributed by atoms with Crippen LogP contribution in [0.4, 0.5) is 11.4 Å². The van der Waals surface area contributed by atoms with Gasteiger partial charge < -0.3 is 15.0 Å². The van der Waals surface area contributed by atoms with Gasteiger partial charge in [0.05, 0.1) is 17.6 Å². The Morgan fingerprint density at radius 1 is 1.21 bits per heavy atom. The molecule has 0 unspecified atom stereocenters. The third kappa shape index (κ3) is 4.25. The lowest BCUT2D eigenvalue weighted by Gasteiger charge is -2.31. The highest BCUT2D eigenvalue weighted by molar-refractivity contribution is 5.98. The summed E-state index contributed by atoms with van der Waals surface area (Å²) in [5, 5.41) is 13.9. The van der Waals surface area contributed by atoms with Crippen molar-refractivity contribution in [3.63, 3.8) is 0 Å². The fourth-order valence-electron chi connectivity index (χ4n) is 3.17. The summed E-state index contributed by atoms with van der Waals surface area (Å²) in [4.78, 5) is 41.2. The molecule has 1 aliphatic heterocycles. The number of carbonyl (C=O) groups excluding carboxylic acids is 2. The maximum absolute atomic E-state index is 12.8. The highest BCUT2D eigenvalue weighted by Crippen LogP contribution is 2.27. The van der Waals surface area contributed by atoms with E-state index in [4.69, 9.17) is 4.74 Å². The van der Waals surface area contributed by atoms with Crippen molar-refractivity contribution in [3.05, 3.63) is 58.4 Å². The van der Waals surface area contributed by atoms with Gasteiger partial charge in [0.15, 0.2) is 0 Å². The summed E-state index contributed by atoms with van der Waals surface area (Å²) in [5.41, 5.74) is 0.659. The van der Waals surface area contributed by atoms with Crippen LogP contribution in [0, 0.1) is 16.0 Å². The van der Waals surface area contributed by atoms with Crippen LogP contribution in [-0.2, 0) is 4.79 Å². The smallest absolute Gasteiger partial charge is 0.270 e. The SMILES string of the molecule is COc1ccc([N+](=O)[O-])cc1C(=O)N1CCC(C(=O)Nc2ccncc2)CC1. The van der Waals surface area contributed by atoms with Crippen molar-refractivity contribution >= 4 is 23.2 Å². The van der Waals surface area contributed by atoms with E-state index in [1.807, 2.05) is 0 Å². The molecule has 0 radical (unpaired) electrons. The summed E-state index contributed by atoms with van der Waals surface area (Å²) >= 11 is 0. The minimum atomic E-state index is -0.550. The first-order valence-corrected chi connectivity index (χ1v) is 8.82. The summed E-state index contributed by atoms with van der Waals surface area (Å²) in [6.07, 6.45) is 4.23. The second-order valence-corrected chi connectivity index (χ2v) is 6.43. The summed E-state index contributed by atoms with van der Waals surface area (Å²) in [6, 6.07) is 7.37. The fourth-order valence-corrected chi connectivity index (χ4v) is 3.17.